The first kappa shape index (κ1) is 12.9. The van der Waals surface area contributed by atoms with Gasteiger partial charge in [-0.2, -0.15) is 0 Å². The van der Waals surface area contributed by atoms with Crippen LogP contribution in [-0.2, 0) is 4.79 Å². The van der Waals surface area contributed by atoms with Gasteiger partial charge in [0.05, 0.1) is 0 Å². The lowest BCUT2D eigenvalue weighted by atomic mass is 9.75. The van der Waals surface area contributed by atoms with Crippen LogP contribution in [0.5, 0.6) is 0 Å². The predicted molar refractivity (Wildman–Crippen MR) is 67.1 cm³/mol. The van der Waals surface area contributed by atoms with Crippen molar-refractivity contribution in [1.29, 1.82) is 0 Å². The summed E-state index contributed by atoms with van der Waals surface area (Å²) in [4.78, 5) is 11.6. The fourth-order valence-corrected chi connectivity index (χ4v) is 2.41. The molecule has 1 aromatic rings. The molecule has 0 aromatic heterocycles. The zero-order chi connectivity index (χ0) is 13.5. The van der Waals surface area contributed by atoms with Crippen LogP contribution in [0.1, 0.15) is 37.8 Å². The number of rotatable bonds is 1. The third-order valence-electron chi connectivity index (χ3n) is 3.28. The highest BCUT2D eigenvalue weighted by Gasteiger charge is 2.29. The smallest absolute Gasteiger partial charge is 0.166 e. The van der Waals surface area contributed by atoms with Crippen molar-refractivity contribution < 1.29 is 13.6 Å². The van der Waals surface area contributed by atoms with E-state index in [0.717, 1.165) is 0 Å². The van der Waals surface area contributed by atoms with Crippen molar-refractivity contribution in [3.63, 3.8) is 0 Å². The molecule has 96 valence electrons. The molecule has 0 N–H and O–H groups in total. The normalized spacial score (nSPS) is 18.7. The molecule has 0 atom stereocenters. The van der Waals surface area contributed by atoms with E-state index in [1.54, 1.807) is 12.1 Å². The fraction of sp³-hybridized carbons (Fsp3) is 0.400. The summed E-state index contributed by atoms with van der Waals surface area (Å²) >= 11 is 0. The second kappa shape index (κ2) is 4.30. The Balaban J connectivity index is 2.50. The lowest BCUT2D eigenvalue weighted by Gasteiger charge is -2.29. The Morgan fingerprint density at radius 2 is 1.78 bits per heavy atom. The van der Waals surface area contributed by atoms with Gasteiger partial charge in [0.25, 0.3) is 0 Å². The monoisotopic (exact) mass is 250 g/mol. The molecular formula is C15H16F2O. The van der Waals surface area contributed by atoms with E-state index < -0.39 is 11.6 Å². The lowest BCUT2D eigenvalue weighted by molar-refractivity contribution is -0.116. The Morgan fingerprint density at radius 3 is 2.39 bits per heavy atom. The first-order valence-corrected chi connectivity index (χ1v) is 5.98. The van der Waals surface area contributed by atoms with Crippen molar-refractivity contribution in [3.8, 4) is 0 Å². The molecule has 1 aliphatic carbocycles. The zero-order valence-corrected chi connectivity index (χ0v) is 10.8. The third kappa shape index (κ3) is 2.35. The number of hydrogen-bond acceptors (Lipinski definition) is 1. The van der Waals surface area contributed by atoms with Gasteiger partial charge in [0.15, 0.2) is 17.4 Å². The van der Waals surface area contributed by atoms with Crippen LogP contribution in [0.4, 0.5) is 8.78 Å². The van der Waals surface area contributed by atoms with Crippen LogP contribution in [0, 0.1) is 24.0 Å². The molecule has 1 nitrogen and oxygen atoms in total. The molecule has 0 spiro atoms. The van der Waals surface area contributed by atoms with E-state index >= 15 is 0 Å². The summed E-state index contributed by atoms with van der Waals surface area (Å²) in [5.41, 5.74) is 0.875. The Hall–Kier alpha value is -1.51. The molecule has 2 rings (SSSR count). The molecule has 0 saturated carbocycles. The van der Waals surface area contributed by atoms with Crippen molar-refractivity contribution in [1.82, 2.24) is 0 Å². The molecule has 0 heterocycles. The minimum absolute atomic E-state index is 0.0263. The number of ketones is 1. The van der Waals surface area contributed by atoms with Crippen molar-refractivity contribution in [2.45, 2.75) is 33.6 Å². The second-order valence-corrected chi connectivity index (χ2v) is 5.71. The van der Waals surface area contributed by atoms with Crippen LogP contribution < -0.4 is 0 Å². The van der Waals surface area contributed by atoms with Gasteiger partial charge >= 0.3 is 0 Å². The van der Waals surface area contributed by atoms with Gasteiger partial charge in [0.1, 0.15) is 0 Å². The standard InChI is InChI=1S/C15H16F2O/c1-9-4-5-12(14(17)13(9)16)10-6-11(18)8-15(2,3)7-10/h4-6H,7-8H2,1-3H3. The summed E-state index contributed by atoms with van der Waals surface area (Å²) in [6.07, 6.45) is 2.48. The van der Waals surface area contributed by atoms with E-state index in [2.05, 4.69) is 0 Å². The van der Waals surface area contributed by atoms with Crippen LogP contribution in [0.3, 0.4) is 0 Å². The maximum absolute atomic E-state index is 13.9. The second-order valence-electron chi connectivity index (χ2n) is 5.71. The number of aryl methyl sites for hydroxylation is 1. The predicted octanol–water partition coefficient (Wildman–Crippen LogP) is 4.05. The fourth-order valence-electron chi connectivity index (χ4n) is 2.41. The van der Waals surface area contributed by atoms with E-state index in [1.165, 1.54) is 13.0 Å². The van der Waals surface area contributed by atoms with Gasteiger partial charge in [-0.25, -0.2) is 8.78 Å². The number of hydrogen-bond donors (Lipinski definition) is 0. The van der Waals surface area contributed by atoms with Crippen LogP contribution in [0.25, 0.3) is 5.57 Å². The summed E-state index contributed by atoms with van der Waals surface area (Å²) in [6, 6.07) is 3.09. The largest absolute Gasteiger partial charge is 0.295 e. The molecule has 0 aliphatic heterocycles. The highest BCUT2D eigenvalue weighted by molar-refractivity contribution is 5.99. The van der Waals surface area contributed by atoms with Crippen LogP contribution in [0.15, 0.2) is 18.2 Å². The number of allylic oxidation sites excluding steroid dienone is 2. The van der Waals surface area contributed by atoms with Crippen LogP contribution in [-0.4, -0.2) is 5.78 Å². The molecular weight excluding hydrogens is 234 g/mol. The van der Waals surface area contributed by atoms with E-state index in [4.69, 9.17) is 0 Å². The highest BCUT2D eigenvalue weighted by atomic mass is 19.2. The van der Waals surface area contributed by atoms with E-state index in [9.17, 15) is 13.6 Å². The van der Waals surface area contributed by atoms with Crippen molar-refractivity contribution >= 4 is 11.4 Å². The Morgan fingerprint density at radius 1 is 1.11 bits per heavy atom. The first-order valence-electron chi connectivity index (χ1n) is 5.98. The Kier molecular flexibility index (Phi) is 3.09. The molecule has 1 aliphatic rings. The van der Waals surface area contributed by atoms with Gasteiger partial charge in [-0.05, 0) is 36.0 Å². The zero-order valence-electron chi connectivity index (χ0n) is 10.8. The molecule has 0 fully saturated rings. The first-order chi connectivity index (χ1) is 8.30. The molecule has 0 saturated heterocycles. The Bertz CT molecular complexity index is 542. The molecule has 0 radical (unpaired) electrons. The average molecular weight is 250 g/mol. The summed E-state index contributed by atoms with van der Waals surface area (Å²) in [7, 11) is 0. The summed E-state index contributed by atoms with van der Waals surface area (Å²) in [6.45, 7) is 5.44. The summed E-state index contributed by atoms with van der Waals surface area (Å²) in [5.74, 6) is -1.71. The number of carbonyl (C=O) groups excluding carboxylic acids is 1. The van der Waals surface area contributed by atoms with Gasteiger partial charge in [0.2, 0.25) is 0 Å². The number of carbonyl (C=O) groups is 1. The minimum Gasteiger partial charge on any atom is -0.295 e. The SMILES string of the molecule is Cc1ccc(C2=CC(=O)CC(C)(C)C2)c(F)c1F. The molecule has 0 bridgehead atoms. The number of benzene rings is 1. The highest BCUT2D eigenvalue weighted by Crippen LogP contribution is 2.39. The van der Waals surface area contributed by atoms with E-state index in [0.29, 0.717) is 18.4 Å². The average Bonchev–Trinajstić information content (AvgIpc) is 2.23. The van der Waals surface area contributed by atoms with E-state index in [-0.39, 0.29) is 22.3 Å². The minimum atomic E-state index is -0.855. The lowest BCUT2D eigenvalue weighted by Crippen LogP contribution is -2.21. The third-order valence-corrected chi connectivity index (χ3v) is 3.28. The maximum atomic E-state index is 13.9. The Labute approximate surface area is 106 Å². The molecule has 0 amide bonds. The molecule has 18 heavy (non-hydrogen) atoms. The molecule has 0 unspecified atom stereocenters. The van der Waals surface area contributed by atoms with Crippen molar-refractivity contribution in [2.75, 3.05) is 0 Å². The quantitative estimate of drug-likeness (QED) is 0.735. The number of halogens is 2. The topological polar surface area (TPSA) is 17.1 Å². The van der Waals surface area contributed by atoms with Crippen LogP contribution >= 0.6 is 0 Å². The van der Waals surface area contributed by atoms with Gasteiger partial charge in [-0.15, -0.1) is 0 Å². The molecule has 1 aromatic carbocycles. The van der Waals surface area contributed by atoms with Crippen molar-refractivity contribution in [2.24, 2.45) is 5.41 Å². The van der Waals surface area contributed by atoms with Crippen molar-refractivity contribution in [3.05, 3.63) is 41.0 Å². The summed E-state index contributed by atoms with van der Waals surface area (Å²) in [5, 5.41) is 0. The van der Waals surface area contributed by atoms with Gasteiger partial charge in [0, 0.05) is 12.0 Å². The molecule has 3 heteroatoms. The van der Waals surface area contributed by atoms with E-state index in [1.807, 2.05) is 13.8 Å². The van der Waals surface area contributed by atoms with Gasteiger partial charge in [-0.3, -0.25) is 4.79 Å². The van der Waals surface area contributed by atoms with Crippen LogP contribution in [0.2, 0.25) is 0 Å². The maximum Gasteiger partial charge on any atom is 0.166 e. The van der Waals surface area contributed by atoms with Gasteiger partial charge in [-0.1, -0.05) is 26.0 Å². The van der Waals surface area contributed by atoms with Gasteiger partial charge < -0.3 is 0 Å². The summed E-state index contributed by atoms with van der Waals surface area (Å²) < 4.78 is 27.4.